The average molecular weight is 353 g/mol. The van der Waals surface area contributed by atoms with Crippen LogP contribution in [0.25, 0.3) is 0 Å². The van der Waals surface area contributed by atoms with Gasteiger partial charge in [0.2, 0.25) is 0 Å². The lowest BCUT2D eigenvalue weighted by Gasteiger charge is -2.17. The van der Waals surface area contributed by atoms with Crippen molar-refractivity contribution in [3.05, 3.63) is 58.9 Å². The zero-order valence-corrected chi connectivity index (χ0v) is 14.5. The molecule has 2 aromatic carbocycles. The monoisotopic (exact) mass is 352 g/mol. The highest BCUT2D eigenvalue weighted by Gasteiger charge is 2.07. The zero-order chi connectivity index (χ0) is 16.8. The van der Waals surface area contributed by atoms with Crippen molar-refractivity contribution in [3.63, 3.8) is 0 Å². The Hall–Kier alpha value is -1.85. The SMILES string of the molecule is COc1ccc(C[C@@H](C)NC(=S)Nc2ccc(F)c(Cl)c2)cc1. The largest absolute Gasteiger partial charge is 0.497 e. The summed E-state index contributed by atoms with van der Waals surface area (Å²) in [5, 5.41) is 6.71. The van der Waals surface area contributed by atoms with E-state index in [4.69, 9.17) is 28.6 Å². The maximum atomic E-state index is 13.1. The minimum Gasteiger partial charge on any atom is -0.497 e. The molecular formula is C17H18ClFN2OS. The molecule has 122 valence electrons. The normalized spacial score (nSPS) is 11.7. The summed E-state index contributed by atoms with van der Waals surface area (Å²) >= 11 is 11.0. The van der Waals surface area contributed by atoms with E-state index < -0.39 is 5.82 Å². The molecule has 0 fully saturated rings. The van der Waals surface area contributed by atoms with Crippen molar-refractivity contribution in [1.29, 1.82) is 0 Å². The molecule has 0 heterocycles. The number of benzene rings is 2. The van der Waals surface area contributed by atoms with E-state index in [0.717, 1.165) is 12.2 Å². The number of hydrogen-bond donors (Lipinski definition) is 2. The van der Waals surface area contributed by atoms with E-state index in [1.54, 1.807) is 13.2 Å². The number of halogens is 2. The molecule has 0 aliphatic rings. The van der Waals surface area contributed by atoms with Crippen molar-refractivity contribution >= 4 is 34.6 Å². The Bertz CT molecular complexity index is 679. The van der Waals surface area contributed by atoms with Crippen molar-refractivity contribution in [3.8, 4) is 5.75 Å². The Morgan fingerprint density at radius 2 is 1.96 bits per heavy atom. The van der Waals surface area contributed by atoms with Crippen LogP contribution in [0.2, 0.25) is 5.02 Å². The van der Waals surface area contributed by atoms with E-state index in [9.17, 15) is 4.39 Å². The molecule has 3 nitrogen and oxygen atoms in total. The van der Waals surface area contributed by atoms with Crippen molar-refractivity contribution < 1.29 is 9.13 Å². The van der Waals surface area contributed by atoms with E-state index in [0.29, 0.717) is 10.8 Å². The minimum absolute atomic E-state index is 0.0593. The van der Waals surface area contributed by atoms with Crippen LogP contribution in [-0.2, 0) is 6.42 Å². The van der Waals surface area contributed by atoms with Crippen LogP contribution < -0.4 is 15.4 Å². The summed E-state index contributed by atoms with van der Waals surface area (Å²) < 4.78 is 18.3. The quantitative estimate of drug-likeness (QED) is 0.781. The third-order valence-corrected chi connectivity index (χ3v) is 3.77. The van der Waals surface area contributed by atoms with Gasteiger partial charge in [0.05, 0.1) is 12.1 Å². The Balaban J connectivity index is 1.87. The standard InChI is InChI=1S/C17H18ClFN2OS/c1-11(9-12-3-6-14(22-2)7-4-12)20-17(23)21-13-5-8-16(19)15(18)10-13/h3-8,10-11H,9H2,1-2H3,(H2,20,21,23)/t11-/m1/s1. The van der Waals surface area contributed by atoms with Crippen molar-refractivity contribution in [2.75, 3.05) is 12.4 Å². The predicted molar refractivity (Wildman–Crippen MR) is 96.9 cm³/mol. The Morgan fingerprint density at radius 3 is 2.57 bits per heavy atom. The summed E-state index contributed by atoms with van der Waals surface area (Å²) in [5.74, 6) is 0.378. The first kappa shape index (κ1) is 17.5. The average Bonchev–Trinajstić information content (AvgIpc) is 2.51. The molecule has 0 radical (unpaired) electrons. The molecule has 0 amide bonds. The second kappa shape index (κ2) is 8.13. The van der Waals surface area contributed by atoms with Crippen LogP contribution in [0.4, 0.5) is 10.1 Å². The maximum Gasteiger partial charge on any atom is 0.170 e. The van der Waals surface area contributed by atoms with Gasteiger partial charge in [-0.1, -0.05) is 23.7 Å². The van der Waals surface area contributed by atoms with Gasteiger partial charge in [-0.05, 0) is 61.5 Å². The van der Waals surface area contributed by atoms with E-state index in [1.807, 2.05) is 31.2 Å². The van der Waals surface area contributed by atoms with Gasteiger partial charge in [0.25, 0.3) is 0 Å². The van der Waals surface area contributed by atoms with Gasteiger partial charge in [0.1, 0.15) is 11.6 Å². The van der Waals surface area contributed by atoms with Crippen LogP contribution in [0.3, 0.4) is 0 Å². The first-order valence-electron chi connectivity index (χ1n) is 7.13. The lowest BCUT2D eigenvalue weighted by Crippen LogP contribution is -2.37. The summed E-state index contributed by atoms with van der Waals surface area (Å²) in [6.07, 6.45) is 0.815. The Labute approximate surface area is 145 Å². The lowest BCUT2D eigenvalue weighted by atomic mass is 10.1. The number of nitrogens with one attached hydrogen (secondary N) is 2. The van der Waals surface area contributed by atoms with Crippen LogP contribution in [-0.4, -0.2) is 18.3 Å². The fraction of sp³-hybridized carbons (Fsp3) is 0.235. The van der Waals surface area contributed by atoms with Crippen molar-refractivity contribution in [2.24, 2.45) is 0 Å². The molecule has 0 saturated heterocycles. The number of rotatable bonds is 5. The van der Waals surface area contributed by atoms with E-state index in [1.165, 1.54) is 17.7 Å². The second-order valence-electron chi connectivity index (χ2n) is 5.18. The molecule has 0 saturated carbocycles. The highest BCUT2D eigenvalue weighted by molar-refractivity contribution is 7.80. The summed E-state index contributed by atoms with van der Waals surface area (Å²) in [4.78, 5) is 0. The molecule has 2 N–H and O–H groups in total. The van der Waals surface area contributed by atoms with Gasteiger partial charge in [-0.3, -0.25) is 0 Å². The first-order valence-corrected chi connectivity index (χ1v) is 7.92. The molecular weight excluding hydrogens is 335 g/mol. The summed E-state index contributed by atoms with van der Waals surface area (Å²) in [6, 6.07) is 12.4. The lowest BCUT2D eigenvalue weighted by molar-refractivity contribution is 0.414. The number of anilines is 1. The van der Waals surface area contributed by atoms with E-state index in [-0.39, 0.29) is 11.1 Å². The number of thiocarbonyl (C=S) groups is 1. The fourth-order valence-electron chi connectivity index (χ4n) is 2.13. The minimum atomic E-state index is -0.455. The topological polar surface area (TPSA) is 33.3 Å². The van der Waals surface area contributed by atoms with E-state index in [2.05, 4.69) is 10.6 Å². The third kappa shape index (κ3) is 5.37. The number of methoxy groups -OCH3 is 1. The van der Waals surface area contributed by atoms with E-state index >= 15 is 0 Å². The predicted octanol–water partition coefficient (Wildman–Crippen LogP) is 4.41. The number of hydrogen-bond acceptors (Lipinski definition) is 2. The summed E-state index contributed by atoms with van der Waals surface area (Å²) in [5.41, 5.74) is 1.82. The molecule has 1 atom stereocenters. The van der Waals surface area contributed by atoms with Gasteiger partial charge in [-0.15, -0.1) is 0 Å². The fourth-order valence-corrected chi connectivity index (χ4v) is 2.63. The molecule has 0 aliphatic heterocycles. The molecule has 0 bridgehead atoms. The van der Waals surface area contributed by atoms with Crippen LogP contribution in [0.15, 0.2) is 42.5 Å². The molecule has 6 heteroatoms. The van der Waals surface area contributed by atoms with Gasteiger partial charge in [0.15, 0.2) is 5.11 Å². The highest BCUT2D eigenvalue weighted by atomic mass is 35.5. The Kier molecular flexibility index (Phi) is 6.19. The molecule has 2 aromatic rings. The summed E-state index contributed by atoms with van der Waals surface area (Å²) in [6.45, 7) is 2.04. The third-order valence-electron chi connectivity index (χ3n) is 3.26. The van der Waals surface area contributed by atoms with Gasteiger partial charge < -0.3 is 15.4 Å². The molecule has 0 unspecified atom stereocenters. The van der Waals surface area contributed by atoms with Crippen LogP contribution in [0, 0.1) is 5.82 Å². The van der Waals surface area contributed by atoms with Crippen LogP contribution in [0.5, 0.6) is 5.75 Å². The highest BCUT2D eigenvalue weighted by Crippen LogP contribution is 2.19. The smallest absolute Gasteiger partial charge is 0.170 e. The first-order chi connectivity index (χ1) is 11.0. The van der Waals surface area contributed by atoms with Crippen LogP contribution in [0.1, 0.15) is 12.5 Å². The van der Waals surface area contributed by atoms with Gasteiger partial charge in [-0.2, -0.15) is 0 Å². The molecule has 2 rings (SSSR count). The number of ether oxygens (including phenoxy) is 1. The molecule has 0 aromatic heterocycles. The molecule has 0 spiro atoms. The van der Waals surface area contributed by atoms with Gasteiger partial charge >= 0.3 is 0 Å². The van der Waals surface area contributed by atoms with Gasteiger partial charge in [-0.25, -0.2) is 4.39 Å². The Morgan fingerprint density at radius 1 is 1.26 bits per heavy atom. The molecule has 23 heavy (non-hydrogen) atoms. The maximum absolute atomic E-state index is 13.1. The van der Waals surface area contributed by atoms with Crippen LogP contribution >= 0.6 is 23.8 Å². The van der Waals surface area contributed by atoms with Crippen molar-refractivity contribution in [1.82, 2.24) is 5.32 Å². The molecule has 0 aliphatic carbocycles. The second-order valence-corrected chi connectivity index (χ2v) is 6.00. The zero-order valence-electron chi connectivity index (χ0n) is 12.9. The van der Waals surface area contributed by atoms with Gasteiger partial charge in [0, 0.05) is 11.7 Å². The summed E-state index contributed by atoms with van der Waals surface area (Å²) in [7, 11) is 1.64. The van der Waals surface area contributed by atoms with Crippen molar-refractivity contribution in [2.45, 2.75) is 19.4 Å².